The van der Waals surface area contributed by atoms with Crippen molar-refractivity contribution < 1.29 is 42.9 Å². The fourth-order valence-electron chi connectivity index (χ4n) is 7.71. The quantitative estimate of drug-likeness (QED) is 0.0211. The number of quaternary nitrogens is 1. The highest BCUT2D eigenvalue weighted by atomic mass is 16.7. The second-order valence-corrected chi connectivity index (χ2v) is 19.9. The molecule has 0 spiro atoms. The van der Waals surface area contributed by atoms with E-state index in [0.29, 0.717) is 17.4 Å². The normalized spacial score (nSPS) is 13.2. The number of allylic oxidation sites excluding steroid dienone is 10. The molecule has 0 aromatic carbocycles. The lowest BCUT2D eigenvalue weighted by Gasteiger charge is -2.25. The summed E-state index contributed by atoms with van der Waals surface area (Å²) in [6.45, 7) is 4.74. The Morgan fingerprint density at radius 3 is 1.26 bits per heavy atom. The van der Waals surface area contributed by atoms with Crippen LogP contribution in [0.5, 0.6) is 0 Å². The summed E-state index contributed by atoms with van der Waals surface area (Å²) in [5.41, 5.74) is 0. The molecule has 394 valence electrons. The fraction of sp³-hybridized carbons (Fsp3) is 0.780. The standard InChI is InChI=1S/C59H105NO8/c1-6-8-10-12-14-16-18-20-21-22-23-24-25-26-27-28-29-30-31-32-33-34-35-36-37-38-40-42-44-46-48-50-57(62)68-55(54-67-59(58(63)64)65-52-51-60(3,4)5)53-66-56(61)49-47-45-43-41-39-19-17-15-13-11-9-7-2/h8,10,14-17,20-21,23-24,55,59H,6-7,9,11-13,18-19,22,25-54H2,1-5H3/p+1/b10-8-,16-14-,17-15-,21-20-,24-23-. The van der Waals surface area contributed by atoms with Gasteiger partial charge in [-0.15, -0.1) is 0 Å². The Balaban J connectivity index is 4.11. The molecule has 0 amide bonds. The third-order valence-corrected chi connectivity index (χ3v) is 12.0. The van der Waals surface area contributed by atoms with Crippen LogP contribution in [-0.2, 0) is 33.3 Å². The van der Waals surface area contributed by atoms with E-state index in [1.807, 2.05) is 21.1 Å². The van der Waals surface area contributed by atoms with Crippen LogP contribution in [0.15, 0.2) is 60.8 Å². The van der Waals surface area contributed by atoms with Crippen molar-refractivity contribution in [2.45, 2.75) is 251 Å². The maximum Gasteiger partial charge on any atom is 0.361 e. The Morgan fingerprint density at radius 1 is 0.456 bits per heavy atom. The number of aliphatic carboxylic acids is 1. The summed E-state index contributed by atoms with van der Waals surface area (Å²) in [5, 5.41) is 9.67. The number of likely N-dealkylation sites (N-methyl/N-ethyl adjacent to an activating group) is 1. The SMILES string of the molecule is CC/C=C\C/C=C\C/C=C\C/C=C\CCCCCCCCCCCCCCCCCCCCC(=O)OC(COC(=O)CCCCCCC/C=C\CCCCC)COC(OCC[N+](C)(C)C)C(=O)O. The third-order valence-electron chi connectivity index (χ3n) is 12.0. The number of carboxylic acids is 1. The van der Waals surface area contributed by atoms with E-state index in [0.717, 1.165) is 83.5 Å². The van der Waals surface area contributed by atoms with Gasteiger partial charge >= 0.3 is 17.9 Å². The number of carboxylic acid groups (broad SMARTS) is 1. The van der Waals surface area contributed by atoms with Crippen LogP contribution >= 0.6 is 0 Å². The first kappa shape index (κ1) is 65.0. The van der Waals surface area contributed by atoms with Gasteiger partial charge in [-0.2, -0.15) is 0 Å². The molecule has 0 saturated carbocycles. The predicted molar refractivity (Wildman–Crippen MR) is 286 cm³/mol. The second-order valence-electron chi connectivity index (χ2n) is 19.9. The monoisotopic (exact) mass is 957 g/mol. The van der Waals surface area contributed by atoms with Gasteiger partial charge in [0, 0.05) is 12.8 Å². The molecule has 0 aromatic rings. The van der Waals surface area contributed by atoms with Crippen molar-refractivity contribution in [3.63, 3.8) is 0 Å². The molecule has 0 aromatic heterocycles. The zero-order valence-electron chi connectivity index (χ0n) is 44.8. The van der Waals surface area contributed by atoms with Crippen molar-refractivity contribution >= 4 is 17.9 Å². The summed E-state index contributed by atoms with van der Waals surface area (Å²) in [5.74, 6) is -2.01. The Bertz CT molecular complexity index is 1300. The molecule has 0 bridgehead atoms. The van der Waals surface area contributed by atoms with Gasteiger partial charge in [0.2, 0.25) is 0 Å². The molecule has 2 atom stereocenters. The molecule has 0 aliphatic rings. The van der Waals surface area contributed by atoms with Crippen molar-refractivity contribution in [2.75, 3.05) is 47.5 Å². The Morgan fingerprint density at radius 2 is 0.838 bits per heavy atom. The Kier molecular flexibility index (Phi) is 48.2. The largest absolute Gasteiger partial charge is 0.477 e. The maximum absolute atomic E-state index is 12.8. The van der Waals surface area contributed by atoms with Gasteiger partial charge < -0.3 is 28.5 Å². The summed E-state index contributed by atoms with van der Waals surface area (Å²) in [6, 6.07) is 0. The van der Waals surface area contributed by atoms with Crippen LogP contribution in [0, 0.1) is 0 Å². The molecule has 0 saturated heterocycles. The van der Waals surface area contributed by atoms with Crippen molar-refractivity contribution in [2.24, 2.45) is 0 Å². The minimum atomic E-state index is -1.51. The number of carbonyl (C=O) groups excluding carboxylic acids is 2. The van der Waals surface area contributed by atoms with Crippen LogP contribution in [-0.4, -0.2) is 87.4 Å². The summed E-state index contributed by atoms with van der Waals surface area (Å²) in [4.78, 5) is 37.3. The molecule has 1 N–H and O–H groups in total. The number of nitrogens with zero attached hydrogens (tertiary/aromatic N) is 1. The average molecular weight is 957 g/mol. The minimum Gasteiger partial charge on any atom is -0.477 e. The Labute approximate surface area is 418 Å². The number of carbonyl (C=O) groups is 3. The summed E-state index contributed by atoms with van der Waals surface area (Å²) >= 11 is 0. The summed E-state index contributed by atoms with van der Waals surface area (Å²) in [6.07, 6.45) is 60.2. The number of ether oxygens (including phenoxy) is 4. The lowest BCUT2D eigenvalue weighted by molar-refractivity contribution is -0.870. The van der Waals surface area contributed by atoms with Crippen molar-refractivity contribution in [1.29, 1.82) is 0 Å². The smallest absolute Gasteiger partial charge is 0.361 e. The van der Waals surface area contributed by atoms with Gasteiger partial charge in [-0.05, 0) is 77.0 Å². The summed E-state index contributed by atoms with van der Waals surface area (Å²) < 4.78 is 22.8. The molecular formula is C59H106NO8+. The first-order chi connectivity index (χ1) is 33.1. The van der Waals surface area contributed by atoms with E-state index in [-0.39, 0.29) is 32.2 Å². The number of hydrogen-bond donors (Lipinski definition) is 1. The first-order valence-corrected chi connectivity index (χ1v) is 28.0. The first-order valence-electron chi connectivity index (χ1n) is 28.0. The van der Waals surface area contributed by atoms with Gasteiger partial charge in [0.15, 0.2) is 6.10 Å². The van der Waals surface area contributed by atoms with Gasteiger partial charge in [0.25, 0.3) is 6.29 Å². The van der Waals surface area contributed by atoms with E-state index in [9.17, 15) is 19.5 Å². The predicted octanol–water partition coefficient (Wildman–Crippen LogP) is 16.1. The Hall–Kier alpha value is -3.01. The number of unbranched alkanes of at least 4 members (excludes halogenated alkanes) is 26. The number of rotatable bonds is 51. The van der Waals surface area contributed by atoms with Crippen LogP contribution in [0.3, 0.4) is 0 Å². The molecule has 9 nitrogen and oxygen atoms in total. The highest BCUT2D eigenvalue weighted by Gasteiger charge is 2.25. The topological polar surface area (TPSA) is 108 Å². The van der Waals surface area contributed by atoms with Crippen LogP contribution in [0.2, 0.25) is 0 Å². The molecule has 68 heavy (non-hydrogen) atoms. The van der Waals surface area contributed by atoms with Crippen molar-refractivity contribution in [3.8, 4) is 0 Å². The zero-order chi connectivity index (χ0) is 49.9. The molecule has 0 aliphatic heterocycles. The van der Waals surface area contributed by atoms with Crippen molar-refractivity contribution in [3.05, 3.63) is 60.8 Å². The van der Waals surface area contributed by atoms with Gasteiger partial charge in [-0.3, -0.25) is 9.59 Å². The van der Waals surface area contributed by atoms with Gasteiger partial charge in [0.05, 0.1) is 34.4 Å². The van der Waals surface area contributed by atoms with Gasteiger partial charge in [-0.25, -0.2) is 4.79 Å². The van der Waals surface area contributed by atoms with Gasteiger partial charge in [0.1, 0.15) is 13.2 Å². The molecule has 0 radical (unpaired) electrons. The molecule has 0 aliphatic carbocycles. The molecule has 0 heterocycles. The molecular weight excluding hydrogens is 851 g/mol. The number of esters is 2. The molecule has 2 unspecified atom stereocenters. The lowest BCUT2D eigenvalue weighted by Crippen LogP contribution is -2.40. The molecule has 0 rings (SSSR count). The highest BCUT2D eigenvalue weighted by Crippen LogP contribution is 2.16. The zero-order valence-corrected chi connectivity index (χ0v) is 44.8. The highest BCUT2D eigenvalue weighted by molar-refractivity contribution is 5.71. The third kappa shape index (κ3) is 50.9. The second kappa shape index (κ2) is 50.4. The minimum absolute atomic E-state index is 0.185. The van der Waals surface area contributed by atoms with E-state index in [4.69, 9.17) is 18.9 Å². The van der Waals surface area contributed by atoms with Crippen molar-refractivity contribution in [1.82, 2.24) is 0 Å². The van der Waals surface area contributed by atoms with E-state index >= 15 is 0 Å². The lowest BCUT2D eigenvalue weighted by atomic mass is 10.0. The average Bonchev–Trinajstić information content (AvgIpc) is 3.30. The maximum atomic E-state index is 12.8. The van der Waals surface area contributed by atoms with Crippen LogP contribution in [0.1, 0.15) is 239 Å². The van der Waals surface area contributed by atoms with E-state index in [1.165, 1.54) is 128 Å². The van der Waals surface area contributed by atoms with Crippen LogP contribution < -0.4 is 0 Å². The van der Waals surface area contributed by atoms with Crippen LogP contribution in [0.4, 0.5) is 0 Å². The summed E-state index contributed by atoms with van der Waals surface area (Å²) in [7, 11) is 5.96. The fourth-order valence-corrected chi connectivity index (χ4v) is 7.71. The van der Waals surface area contributed by atoms with E-state index in [2.05, 4.69) is 74.6 Å². The number of hydrogen-bond acceptors (Lipinski definition) is 7. The van der Waals surface area contributed by atoms with Crippen LogP contribution in [0.25, 0.3) is 0 Å². The van der Waals surface area contributed by atoms with Gasteiger partial charge in [-0.1, -0.05) is 209 Å². The van der Waals surface area contributed by atoms with E-state index in [1.54, 1.807) is 0 Å². The molecule has 0 fully saturated rings. The molecule has 9 heteroatoms. The van der Waals surface area contributed by atoms with E-state index < -0.39 is 24.3 Å².